The van der Waals surface area contributed by atoms with Crippen molar-refractivity contribution >= 4 is 17.5 Å². The van der Waals surface area contributed by atoms with Crippen LogP contribution in [-0.4, -0.2) is 23.0 Å². The number of benzene rings is 1. The van der Waals surface area contributed by atoms with Gasteiger partial charge in [-0.3, -0.25) is 14.9 Å². The van der Waals surface area contributed by atoms with Crippen LogP contribution in [0.3, 0.4) is 0 Å². The quantitative estimate of drug-likeness (QED) is 0.511. The molecule has 0 fully saturated rings. The SMILES string of the molecule is COc1cc(NC(=O)c2ccc([N+](=O)[O-])o2)ccc1-c1ccc(CO)o1. The number of carbonyl (C=O) groups excluding carboxylic acids is 1. The molecule has 0 saturated carbocycles. The van der Waals surface area contributed by atoms with Crippen LogP contribution in [0.15, 0.2) is 51.3 Å². The van der Waals surface area contributed by atoms with Gasteiger partial charge in [0.2, 0.25) is 0 Å². The van der Waals surface area contributed by atoms with Gasteiger partial charge in [0.15, 0.2) is 5.76 Å². The molecular formula is C17H14N2O7. The van der Waals surface area contributed by atoms with Crippen molar-refractivity contribution in [3.63, 3.8) is 0 Å². The number of methoxy groups -OCH3 is 1. The van der Waals surface area contributed by atoms with Crippen molar-refractivity contribution in [1.82, 2.24) is 0 Å². The maximum Gasteiger partial charge on any atom is 0.433 e. The summed E-state index contributed by atoms with van der Waals surface area (Å²) in [6.45, 7) is -0.217. The second kappa shape index (κ2) is 7.11. The second-order valence-corrected chi connectivity index (χ2v) is 5.19. The Hall–Kier alpha value is -3.59. The molecular weight excluding hydrogens is 344 g/mol. The summed E-state index contributed by atoms with van der Waals surface area (Å²) >= 11 is 0. The van der Waals surface area contributed by atoms with E-state index in [1.54, 1.807) is 30.3 Å². The zero-order valence-corrected chi connectivity index (χ0v) is 13.6. The zero-order valence-electron chi connectivity index (χ0n) is 13.6. The zero-order chi connectivity index (χ0) is 18.7. The molecule has 2 heterocycles. The predicted molar refractivity (Wildman–Crippen MR) is 89.9 cm³/mol. The molecule has 0 saturated heterocycles. The molecule has 1 amide bonds. The van der Waals surface area contributed by atoms with Gasteiger partial charge in [0, 0.05) is 11.8 Å². The van der Waals surface area contributed by atoms with Gasteiger partial charge in [0.05, 0.1) is 18.7 Å². The minimum absolute atomic E-state index is 0.182. The molecule has 0 aliphatic heterocycles. The second-order valence-electron chi connectivity index (χ2n) is 5.19. The van der Waals surface area contributed by atoms with Crippen molar-refractivity contribution in [2.45, 2.75) is 6.61 Å². The van der Waals surface area contributed by atoms with Crippen LogP contribution in [0.4, 0.5) is 11.6 Å². The summed E-state index contributed by atoms with van der Waals surface area (Å²) in [6, 6.07) is 10.5. The average molecular weight is 358 g/mol. The lowest BCUT2D eigenvalue weighted by atomic mass is 10.1. The molecule has 0 aliphatic carbocycles. The Morgan fingerprint density at radius 2 is 2.04 bits per heavy atom. The third kappa shape index (κ3) is 3.42. The molecule has 0 spiro atoms. The van der Waals surface area contributed by atoms with Crippen molar-refractivity contribution in [1.29, 1.82) is 0 Å². The number of hydrogen-bond donors (Lipinski definition) is 2. The number of furan rings is 2. The Labute approximate surface area is 147 Å². The van der Waals surface area contributed by atoms with Gasteiger partial charge in [-0.15, -0.1) is 0 Å². The summed E-state index contributed by atoms with van der Waals surface area (Å²) in [5, 5.41) is 22.3. The number of aliphatic hydroxyl groups excluding tert-OH is 1. The smallest absolute Gasteiger partial charge is 0.433 e. The van der Waals surface area contributed by atoms with Crippen LogP contribution in [0, 0.1) is 10.1 Å². The maximum absolute atomic E-state index is 12.1. The van der Waals surface area contributed by atoms with Crippen LogP contribution in [0.5, 0.6) is 5.75 Å². The normalized spacial score (nSPS) is 10.5. The minimum atomic E-state index is -0.724. The standard InChI is InChI=1S/C17H14N2O7/c1-24-15-8-10(2-4-12(15)13-5-3-11(9-20)25-13)18-17(21)14-6-7-16(26-14)19(22)23/h2-8,20H,9H2,1H3,(H,18,21). The average Bonchev–Trinajstić information content (AvgIpc) is 3.31. The Bertz CT molecular complexity index is 958. The third-order valence-electron chi connectivity index (χ3n) is 3.54. The van der Waals surface area contributed by atoms with E-state index in [1.807, 2.05) is 0 Å². The molecule has 0 unspecified atom stereocenters. The monoisotopic (exact) mass is 358 g/mol. The van der Waals surface area contributed by atoms with Crippen molar-refractivity contribution in [3.05, 3.63) is 64.1 Å². The Balaban J connectivity index is 1.82. The van der Waals surface area contributed by atoms with Crippen molar-refractivity contribution in [2.75, 3.05) is 12.4 Å². The van der Waals surface area contributed by atoms with Crippen molar-refractivity contribution < 1.29 is 28.4 Å². The first kappa shape index (κ1) is 17.2. The highest BCUT2D eigenvalue weighted by molar-refractivity contribution is 6.02. The molecule has 26 heavy (non-hydrogen) atoms. The molecule has 2 aromatic heterocycles. The van der Waals surface area contributed by atoms with Crippen LogP contribution in [0.1, 0.15) is 16.3 Å². The summed E-state index contributed by atoms with van der Waals surface area (Å²) in [7, 11) is 1.47. The van der Waals surface area contributed by atoms with E-state index in [4.69, 9.17) is 18.7 Å². The molecule has 3 aromatic rings. The first-order valence-electron chi connectivity index (χ1n) is 7.45. The third-order valence-corrected chi connectivity index (χ3v) is 3.54. The Morgan fingerprint density at radius 1 is 1.23 bits per heavy atom. The van der Waals surface area contributed by atoms with Crippen LogP contribution in [0.2, 0.25) is 0 Å². The fourth-order valence-corrected chi connectivity index (χ4v) is 2.32. The molecule has 2 N–H and O–H groups in total. The molecule has 0 aliphatic rings. The highest BCUT2D eigenvalue weighted by Crippen LogP contribution is 2.33. The number of nitrogens with zero attached hydrogens (tertiary/aromatic N) is 1. The van der Waals surface area contributed by atoms with E-state index in [1.165, 1.54) is 13.2 Å². The molecule has 1 aromatic carbocycles. The number of anilines is 1. The van der Waals surface area contributed by atoms with Gasteiger partial charge in [0.1, 0.15) is 28.8 Å². The van der Waals surface area contributed by atoms with Crippen LogP contribution in [0.25, 0.3) is 11.3 Å². The lowest BCUT2D eigenvalue weighted by Gasteiger charge is -2.09. The van der Waals surface area contributed by atoms with E-state index < -0.39 is 16.7 Å². The molecule has 9 nitrogen and oxygen atoms in total. The van der Waals surface area contributed by atoms with Crippen LogP contribution in [-0.2, 0) is 6.61 Å². The highest BCUT2D eigenvalue weighted by atomic mass is 16.6. The molecule has 0 atom stereocenters. The van der Waals surface area contributed by atoms with E-state index in [0.717, 1.165) is 6.07 Å². The van der Waals surface area contributed by atoms with E-state index in [9.17, 15) is 14.9 Å². The summed E-state index contributed by atoms with van der Waals surface area (Å²) < 4.78 is 15.7. The van der Waals surface area contributed by atoms with E-state index in [0.29, 0.717) is 28.5 Å². The molecule has 9 heteroatoms. The van der Waals surface area contributed by atoms with Gasteiger partial charge in [-0.25, -0.2) is 0 Å². The first-order chi connectivity index (χ1) is 12.5. The fraction of sp³-hybridized carbons (Fsp3) is 0.118. The largest absolute Gasteiger partial charge is 0.496 e. The lowest BCUT2D eigenvalue weighted by Crippen LogP contribution is -2.11. The number of aliphatic hydroxyl groups is 1. The van der Waals surface area contributed by atoms with Gasteiger partial charge in [0.25, 0.3) is 5.91 Å². The lowest BCUT2D eigenvalue weighted by molar-refractivity contribution is -0.402. The number of ether oxygens (including phenoxy) is 1. The Kier molecular flexibility index (Phi) is 4.72. The minimum Gasteiger partial charge on any atom is -0.496 e. The van der Waals surface area contributed by atoms with Crippen molar-refractivity contribution in [2.24, 2.45) is 0 Å². The summed E-state index contributed by atoms with van der Waals surface area (Å²) in [4.78, 5) is 22.0. The van der Waals surface area contributed by atoms with Gasteiger partial charge in [-0.05, 0) is 30.3 Å². The first-order valence-corrected chi connectivity index (χ1v) is 7.45. The fourth-order valence-electron chi connectivity index (χ4n) is 2.32. The van der Waals surface area contributed by atoms with Crippen LogP contribution >= 0.6 is 0 Å². The number of rotatable bonds is 6. The number of hydrogen-bond acceptors (Lipinski definition) is 7. The predicted octanol–water partition coefficient (Wildman–Crippen LogP) is 3.20. The number of nitrogens with one attached hydrogen (secondary N) is 1. The molecule has 0 radical (unpaired) electrons. The highest BCUT2D eigenvalue weighted by Gasteiger charge is 2.18. The van der Waals surface area contributed by atoms with E-state index in [-0.39, 0.29) is 12.4 Å². The van der Waals surface area contributed by atoms with Crippen LogP contribution < -0.4 is 10.1 Å². The van der Waals surface area contributed by atoms with Crippen molar-refractivity contribution in [3.8, 4) is 17.1 Å². The number of nitro groups is 1. The van der Waals surface area contributed by atoms with Gasteiger partial charge >= 0.3 is 5.88 Å². The van der Waals surface area contributed by atoms with E-state index in [2.05, 4.69) is 5.32 Å². The number of amides is 1. The summed E-state index contributed by atoms with van der Waals surface area (Å²) in [6.07, 6.45) is 0. The Morgan fingerprint density at radius 3 is 2.65 bits per heavy atom. The molecule has 0 bridgehead atoms. The van der Waals surface area contributed by atoms with Gasteiger partial charge in [-0.1, -0.05) is 0 Å². The number of carbonyl (C=O) groups is 1. The molecule has 3 rings (SSSR count). The van der Waals surface area contributed by atoms with E-state index >= 15 is 0 Å². The summed E-state index contributed by atoms with van der Waals surface area (Å²) in [5.74, 6) is 0.0313. The van der Waals surface area contributed by atoms with Gasteiger partial charge < -0.3 is 24.0 Å². The van der Waals surface area contributed by atoms with Gasteiger partial charge in [-0.2, -0.15) is 0 Å². The molecule has 134 valence electrons. The maximum atomic E-state index is 12.1. The summed E-state index contributed by atoms with van der Waals surface area (Å²) in [5.41, 5.74) is 1.04. The topological polar surface area (TPSA) is 128 Å².